The summed E-state index contributed by atoms with van der Waals surface area (Å²) in [6.45, 7) is 15.6. The van der Waals surface area contributed by atoms with Gasteiger partial charge in [-0.1, -0.05) is 51.3 Å². The van der Waals surface area contributed by atoms with Gasteiger partial charge >= 0.3 is 6.09 Å². The maximum Gasteiger partial charge on any atom is 0.408 e. The Balaban J connectivity index is 2.40. The summed E-state index contributed by atoms with van der Waals surface area (Å²) in [5.41, 5.74) is 2.30. The quantitative estimate of drug-likeness (QED) is 0.462. The third kappa shape index (κ3) is 8.82. The van der Waals surface area contributed by atoms with E-state index in [9.17, 15) is 14.4 Å². The van der Waals surface area contributed by atoms with Gasteiger partial charge in [-0.15, -0.1) is 0 Å². The number of benzene rings is 1. The summed E-state index contributed by atoms with van der Waals surface area (Å²) in [5, 5.41) is 6.01. The number of hydrogen-bond donors (Lipinski definition) is 2. The highest BCUT2D eigenvalue weighted by molar-refractivity contribution is 5.92. The van der Waals surface area contributed by atoms with Crippen molar-refractivity contribution < 1.29 is 19.1 Å². The minimum Gasteiger partial charge on any atom is -0.444 e. The van der Waals surface area contributed by atoms with Crippen molar-refractivity contribution in [3.8, 4) is 0 Å². The predicted octanol–water partition coefficient (Wildman–Crippen LogP) is 5.58. The molecule has 0 radical (unpaired) electrons. The van der Waals surface area contributed by atoms with Crippen LogP contribution in [0.25, 0.3) is 0 Å². The van der Waals surface area contributed by atoms with Gasteiger partial charge in [0.1, 0.15) is 17.7 Å². The lowest BCUT2D eigenvalue weighted by Gasteiger charge is -2.35. The van der Waals surface area contributed by atoms with E-state index in [1.807, 2.05) is 52.8 Å². The molecule has 1 saturated carbocycles. The van der Waals surface area contributed by atoms with E-state index in [1.165, 1.54) is 6.42 Å². The van der Waals surface area contributed by atoms with Crippen molar-refractivity contribution >= 4 is 17.9 Å². The minimum atomic E-state index is -0.795. The highest BCUT2D eigenvalue weighted by Crippen LogP contribution is 2.27. The van der Waals surface area contributed by atoms with Crippen LogP contribution in [0.5, 0.6) is 0 Å². The van der Waals surface area contributed by atoms with Crippen molar-refractivity contribution in [3.63, 3.8) is 0 Å². The molecule has 202 valence electrons. The Morgan fingerprint density at radius 1 is 1.06 bits per heavy atom. The molecule has 1 aliphatic carbocycles. The molecule has 1 aliphatic rings. The molecule has 36 heavy (non-hydrogen) atoms. The Kier molecular flexibility index (Phi) is 10.8. The van der Waals surface area contributed by atoms with Crippen LogP contribution in [-0.4, -0.2) is 47.0 Å². The molecule has 0 aliphatic heterocycles. The largest absolute Gasteiger partial charge is 0.444 e. The van der Waals surface area contributed by atoms with Gasteiger partial charge in [-0.25, -0.2) is 4.79 Å². The van der Waals surface area contributed by atoms with Gasteiger partial charge in [0.25, 0.3) is 0 Å². The van der Waals surface area contributed by atoms with Gasteiger partial charge in [0.2, 0.25) is 11.8 Å². The van der Waals surface area contributed by atoms with E-state index < -0.39 is 23.8 Å². The summed E-state index contributed by atoms with van der Waals surface area (Å²) in [5.74, 6) is -0.288. The van der Waals surface area contributed by atoms with Crippen LogP contribution in [0.1, 0.15) is 103 Å². The maximum atomic E-state index is 13.9. The second kappa shape index (κ2) is 13.1. The molecule has 2 unspecified atom stereocenters. The maximum absolute atomic E-state index is 13.9. The Morgan fingerprint density at radius 3 is 2.22 bits per heavy atom. The highest BCUT2D eigenvalue weighted by Gasteiger charge is 2.36. The van der Waals surface area contributed by atoms with Crippen molar-refractivity contribution in [2.75, 3.05) is 6.54 Å². The van der Waals surface area contributed by atoms with E-state index in [-0.39, 0.29) is 23.8 Å². The molecule has 1 aromatic carbocycles. The molecule has 0 bridgehead atoms. The smallest absolute Gasteiger partial charge is 0.408 e. The number of aryl methyl sites for hydroxylation is 2. The van der Waals surface area contributed by atoms with Crippen LogP contribution < -0.4 is 10.6 Å². The Labute approximate surface area is 217 Å². The van der Waals surface area contributed by atoms with Crippen LogP contribution in [-0.2, 0) is 14.3 Å². The van der Waals surface area contributed by atoms with E-state index in [4.69, 9.17) is 4.74 Å². The van der Waals surface area contributed by atoms with Gasteiger partial charge in [0.05, 0.1) is 0 Å². The molecular weight excluding hydrogens is 454 g/mol. The monoisotopic (exact) mass is 501 g/mol. The lowest BCUT2D eigenvalue weighted by Crippen LogP contribution is -2.54. The van der Waals surface area contributed by atoms with E-state index in [0.29, 0.717) is 13.0 Å². The summed E-state index contributed by atoms with van der Waals surface area (Å²) in [7, 11) is 0. The number of hydrogen-bond acceptors (Lipinski definition) is 4. The molecule has 2 N–H and O–H groups in total. The molecule has 2 atom stereocenters. The first-order valence-electron chi connectivity index (χ1n) is 13.5. The van der Waals surface area contributed by atoms with E-state index in [1.54, 1.807) is 25.7 Å². The van der Waals surface area contributed by atoms with Gasteiger partial charge < -0.3 is 20.3 Å². The van der Waals surface area contributed by atoms with Crippen LogP contribution in [0.2, 0.25) is 0 Å². The minimum absolute atomic E-state index is 0.125. The molecule has 1 aromatic rings. The third-order valence-corrected chi connectivity index (χ3v) is 6.68. The molecule has 0 spiro atoms. The van der Waals surface area contributed by atoms with Crippen LogP contribution in [0.4, 0.5) is 4.79 Å². The summed E-state index contributed by atoms with van der Waals surface area (Å²) in [6, 6.07) is 4.47. The zero-order valence-electron chi connectivity index (χ0n) is 23.6. The van der Waals surface area contributed by atoms with Gasteiger partial charge in [-0.2, -0.15) is 0 Å². The standard InChI is InChI=1S/C29H47N3O4/c1-9-32(27(34)24(17-19(2)3)31-28(35)36-29(6,7)8)25(22-16-15-20(4)21(5)18-22)26(33)30-23-13-11-10-12-14-23/h15-16,18-19,23-25H,9-14,17H2,1-8H3,(H,30,33)(H,31,35). The summed E-state index contributed by atoms with van der Waals surface area (Å²) < 4.78 is 5.44. The average Bonchev–Trinajstić information content (AvgIpc) is 2.77. The van der Waals surface area contributed by atoms with E-state index in [0.717, 1.165) is 42.4 Å². The van der Waals surface area contributed by atoms with Crippen molar-refractivity contribution in [1.29, 1.82) is 0 Å². The van der Waals surface area contributed by atoms with Crippen LogP contribution >= 0.6 is 0 Å². The van der Waals surface area contributed by atoms with E-state index >= 15 is 0 Å². The Hall–Kier alpha value is -2.57. The fourth-order valence-corrected chi connectivity index (χ4v) is 4.74. The van der Waals surface area contributed by atoms with Crippen molar-refractivity contribution in [2.24, 2.45) is 5.92 Å². The van der Waals surface area contributed by atoms with Crippen LogP contribution in [0.3, 0.4) is 0 Å². The van der Waals surface area contributed by atoms with Gasteiger partial charge in [0.15, 0.2) is 0 Å². The zero-order chi connectivity index (χ0) is 27.0. The predicted molar refractivity (Wildman–Crippen MR) is 144 cm³/mol. The number of rotatable bonds is 9. The molecular formula is C29H47N3O4. The molecule has 0 aromatic heterocycles. The third-order valence-electron chi connectivity index (χ3n) is 6.68. The molecule has 3 amide bonds. The SMILES string of the molecule is CCN(C(=O)C(CC(C)C)NC(=O)OC(C)(C)C)C(C(=O)NC1CCCCC1)c1ccc(C)c(C)c1. The highest BCUT2D eigenvalue weighted by atomic mass is 16.6. The van der Waals surface area contributed by atoms with Crippen molar-refractivity contribution in [3.05, 3.63) is 34.9 Å². The number of likely N-dealkylation sites (N-methyl/N-ethyl adjacent to an activating group) is 1. The number of nitrogens with zero attached hydrogens (tertiary/aromatic N) is 1. The number of carbonyl (C=O) groups is 3. The number of carbonyl (C=O) groups excluding carboxylic acids is 3. The number of alkyl carbamates (subject to hydrolysis) is 1. The molecule has 1 fully saturated rings. The summed E-state index contributed by atoms with van der Waals surface area (Å²) in [6.07, 6.45) is 5.13. The second-order valence-electron chi connectivity index (χ2n) is 11.5. The fourth-order valence-electron chi connectivity index (χ4n) is 4.74. The molecule has 0 heterocycles. The number of nitrogens with one attached hydrogen (secondary N) is 2. The molecule has 2 rings (SSSR count). The molecule has 7 nitrogen and oxygen atoms in total. The van der Waals surface area contributed by atoms with Crippen molar-refractivity contribution in [1.82, 2.24) is 15.5 Å². The average molecular weight is 502 g/mol. The van der Waals surface area contributed by atoms with Crippen LogP contribution in [0.15, 0.2) is 18.2 Å². The van der Waals surface area contributed by atoms with Gasteiger partial charge in [-0.05, 0) is 83.4 Å². The van der Waals surface area contributed by atoms with Gasteiger partial charge in [0, 0.05) is 12.6 Å². The zero-order valence-corrected chi connectivity index (χ0v) is 23.6. The number of ether oxygens (including phenoxy) is 1. The van der Waals surface area contributed by atoms with Gasteiger partial charge in [-0.3, -0.25) is 9.59 Å². The first-order chi connectivity index (χ1) is 16.8. The lowest BCUT2D eigenvalue weighted by molar-refractivity contribution is -0.142. The number of amides is 3. The Bertz CT molecular complexity index is 900. The van der Waals surface area contributed by atoms with Crippen molar-refractivity contribution in [2.45, 2.75) is 118 Å². The van der Waals surface area contributed by atoms with E-state index in [2.05, 4.69) is 10.6 Å². The second-order valence-corrected chi connectivity index (χ2v) is 11.5. The lowest BCUT2D eigenvalue weighted by atomic mass is 9.93. The first kappa shape index (κ1) is 29.7. The molecule has 0 saturated heterocycles. The normalized spacial score (nSPS) is 16.2. The van der Waals surface area contributed by atoms with Crippen LogP contribution in [0, 0.1) is 19.8 Å². The topological polar surface area (TPSA) is 87.7 Å². The summed E-state index contributed by atoms with van der Waals surface area (Å²) in [4.78, 5) is 41.9. The first-order valence-corrected chi connectivity index (χ1v) is 13.5. The Morgan fingerprint density at radius 2 is 1.69 bits per heavy atom. The molecule has 7 heteroatoms. The summed E-state index contributed by atoms with van der Waals surface area (Å²) >= 11 is 0. The fraction of sp³-hybridized carbons (Fsp3) is 0.690.